The van der Waals surface area contributed by atoms with Gasteiger partial charge >= 0.3 is 0 Å². The molecule has 0 aliphatic carbocycles. The molecule has 4 nitrogen and oxygen atoms in total. The summed E-state index contributed by atoms with van der Waals surface area (Å²) in [7, 11) is 2.14. The van der Waals surface area contributed by atoms with E-state index in [1.165, 1.54) is 11.1 Å². The van der Waals surface area contributed by atoms with Gasteiger partial charge in [-0.1, -0.05) is 6.07 Å². The van der Waals surface area contributed by atoms with E-state index in [2.05, 4.69) is 36.8 Å². The summed E-state index contributed by atoms with van der Waals surface area (Å²) in [5.41, 5.74) is 2.48. The van der Waals surface area contributed by atoms with Crippen molar-refractivity contribution in [3.8, 4) is 5.75 Å². The predicted octanol–water partition coefficient (Wildman–Crippen LogP) is 1.29. The molecule has 0 radical (unpaired) electrons. The molecular formula is C16H26N2O2. The lowest BCUT2D eigenvalue weighted by molar-refractivity contribution is 0.0504. The van der Waals surface area contributed by atoms with Crippen LogP contribution in [0.25, 0.3) is 0 Å². The van der Waals surface area contributed by atoms with E-state index in [1.807, 2.05) is 12.1 Å². The Balaban J connectivity index is 1.74. The van der Waals surface area contributed by atoms with Crippen LogP contribution in [0.5, 0.6) is 5.75 Å². The summed E-state index contributed by atoms with van der Waals surface area (Å²) in [6.07, 6.45) is -0.431. The fourth-order valence-electron chi connectivity index (χ4n) is 2.38. The molecule has 0 saturated carbocycles. The second-order valence-corrected chi connectivity index (χ2v) is 5.81. The molecular weight excluding hydrogens is 252 g/mol. The lowest BCUT2D eigenvalue weighted by atomic mass is 10.1. The average molecular weight is 278 g/mol. The maximum Gasteiger partial charge on any atom is 0.119 e. The van der Waals surface area contributed by atoms with Crippen molar-refractivity contribution in [2.45, 2.75) is 20.0 Å². The van der Waals surface area contributed by atoms with Gasteiger partial charge in [0, 0.05) is 32.7 Å². The SMILES string of the molecule is Cc1ccc(OC[C@H](O)CN2CCN(C)CC2)cc1C. The number of aliphatic hydroxyl groups is 1. The first kappa shape index (κ1) is 15.3. The highest BCUT2D eigenvalue weighted by Crippen LogP contribution is 2.16. The van der Waals surface area contributed by atoms with Crippen molar-refractivity contribution >= 4 is 0 Å². The molecule has 0 aromatic heterocycles. The van der Waals surface area contributed by atoms with Crippen LogP contribution in [0.15, 0.2) is 18.2 Å². The maximum atomic E-state index is 10.1. The van der Waals surface area contributed by atoms with Crippen LogP contribution >= 0.6 is 0 Å². The highest BCUT2D eigenvalue weighted by atomic mass is 16.5. The second kappa shape index (κ2) is 7.07. The van der Waals surface area contributed by atoms with E-state index in [0.717, 1.165) is 31.9 Å². The van der Waals surface area contributed by atoms with Crippen molar-refractivity contribution in [3.63, 3.8) is 0 Å². The van der Waals surface area contributed by atoms with Crippen molar-refractivity contribution in [2.24, 2.45) is 0 Å². The zero-order chi connectivity index (χ0) is 14.5. The number of piperazine rings is 1. The van der Waals surface area contributed by atoms with Gasteiger partial charge in [0.2, 0.25) is 0 Å². The normalized spacial score (nSPS) is 19.0. The molecule has 0 amide bonds. The molecule has 1 saturated heterocycles. The molecule has 1 N–H and O–H groups in total. The Morgan fingerprint density at radius 3 is 2.50 bits per heavy atom. The summed E-state index contributed by atoms with van der Waals surface area (Å²) in [5, 5.41) is 10.1. The molecule has 2 rings (SSSR count). The fraction of sp³-hybridized carbons (Fsp3) is 0.625. The summed E-state index contributed by atoms with van der Waals surface area (Å²) >= 11 is 0. The monoisotopic (exact) mass is 278 g/mol. The summed E-state index contributed by atoms with van der Waals surface area (Å²) < 4.78 is 5.68. The van der Waals surface area contributed by atoms with Gasteiger partial charge < -0.3 is 14.7 Å². The predicted molar refractivity (Wildman–Crippen MR) is 81.4 cm³/mol. The first-order valence-electron chi connectivity index (χ1n) is 7.33. The van der Waals surface area contributed by atoms with Crippen LogP contribution in [0.1, 0.15) is 11.1 Å². The Hall–Kier alpha value is -1.10. The minimum absolute atomic E-state index is 0.356. The Morgan fingerprint density at radius 1 is 1.15 bits per heavy atom. The van der Waals surface area contributed by atoms with E-state index in [9.17, 15) is 5.11 Å². The molecule has 112 valence electrons. The minimum atomic E-state index is -0.431. The van der Waals surface area contributed by atoms with Crippen LogP contribution in [0, 0.1) is 13.8 Å². The van der Waals surface area contributed by atoms with Crippen molar-refractivity contribution in [3.05, 3.63) is 29.3 Å². The molecule has 1 atom stereocenters. The number of hydrogen-bond donors (Lipinski definition) is 1. The Labute approximate surface area is 122 Å². The Bertz CT molecular complexity index is 428. The van der Waals surface area contributed by atoms with Crippen LogP contribution in [0.4, 0.5) is 0 Å². The van der Waals surface area contributed by atoms with E-state index in [1.54, 1.807) is 0 Å². The van der Waals surface area contributed by atoms with Crippen LogP contribution < -0.4 is 4.74 Å². The fourth-order valence-corrected chi connectivity index (χ4v) is 2.38. The summed E-state index contributed by atoms with van der Waals surface area (Å²) in [4.78, 5) is 4.61. The number of ether oxygens (including phenoxy) is 1. The van der Waals surface area contributed by atoms with Crippen molar-refractivity contribution in [1.29, 1.82) is 0 Å². The molecule has 1 heterocycles. The third kappa shape index (κ3) is 4.47. The van der Waals surface area contributed by atoms with Crippen LogP contribution in [-0.4, -0.2) is 67.4 Å². The van der Waals surface area contributed by atoms with Gasteiger partial charge in [0.25, 0.3) is 0 Å². The van der Waals surface area contributed by atoms with Crippen molar-refractivity contribution < 1.29 is 9.84 Å². The van der Waals surface area contributed by atoms with Gasteiger partial charge in [-0.05, 0) is 44.2 Å². The second-order valence-electron chi connectivity index (χ2n) is 5.81. The number of β-amino-alcohol motifs (C(OH)–C–C–N with tert-alkyl or cyclic N) is 1. The van der Waals surface area contributed by atoms with Crippen LogP contribution in [-0.2, 0) is 0 Å². The Kier molecular flexibility index (Phi) is 5.40. The largest absolute Gasteiger partial charge is 0.491 e. The Morgan fingerprint density at radius 2 is 1.85 bits per heavy atom. The maximum absolute atomic E-state index is 10.1. The smallest absolute Gasteiger partial charge is 0.119 e. The number of benzene rings is 1. The van der Waals surface area contributed by atoms with Gasteiger partial charge in [0.1, 0.15) is 18.5 Å². The molecule has 4 heteroatoms. The van der Waals surface area contributed by atoms with E-state index in [-0.39, 0.29) is 0 Å². The lowest BCUT2D eigenvalue weighted by Crippen LogP contribution is -2.47. The number of hydrogen-bond acceptors (Lipinski definition) is 4. The molecule has 0 spiro atoms. The molecule has 1 aliphatic rings. The summed E-state index contributed by atoms with van der Waals surface area (Å²) in [5.74, 6) is 0.838. The molecule has 1 aromatic carbocycles. The van der Waals surface area contributed by atoms with Crippen LogP contribution in [0.3, 0.4) is 0 Å². The number of likely N-dealkylation sites (N-methyl/N-ethyl adjacent to an activating group) is 1. The van der Waals surface area contributed by atoms with Gasteiger partial charge in [-0.2, -0.15) is 0 Å². The zero-order valence-electron chi connectivity index (χ0n) is 12.8. The van der Waals surface area contributed by atoms with E-state index in [0.29, 0.717) is 13.2 Å². The van der Waals surface area contributed by atoms with Gasteiger partial charge in [-0.25, -0.2) is 0 Å². The van der Waals surface area contributed by atoms with E-state index < -0.39 is 6.10 Å². The van der Waals surface area contributed by atoms with E-state index >= 15 is 0 Å². The average Bonchev–Trinajstić information content (AvgIpc) is 2.43. The first-order chi connectivity index (χ1) is 9.54. The van der Waals surface area contributed by atoms with Gasteiger partial charge in [0.05, 0.1) is 0 Å². The quantitative estimate of drug-likeness (QED) is 0.880. The van der Waals surface area contributed by atoms with Gasteiger partial charge in [-0.15, -0.1) is 0 Å². The van der Waals surface area contributed by atoms with Crippen molar-refractivity contribution in [1.82, 2.24) is 9.80 Å². The molecule has 0 unspecified atom stereocenters. The number of nitrogens with zero attached hydrogens (tertiary/aromatic N) is 2. The molecule has 0 bridgehead atoms. The summed E-state index contributed by atoms with van der Waals surface area (Å²) in [6.45, 7) is 9.40. The molecule has 1 aromatic rings. The molecule has 20 heavy (non-hydrogen) atoms. The number of aliphatic hydroxyl groups excluding tert-OH is 1. The molecule has 1 aliphatic heterocycles. The third-order valence-electron chi connectivity index (χ3n) is 3.99. The van der Waals surface area contributed by atoms with Gasteiger partial charge in [-0.3, -0.25) is 4.90 Å². The highest BCUT2D eigenvalue weighted by Gasteiger charge is 2.17. The minimum Gasteiger partial charge on any atom is -0.491 e. The lowest BCUT2D eigenvalue weighted by Gasteiger charge is -2.33. The zero-order valence-corrected chi connectivity index (χ0v) is 12.8. The third-order valence-corrected chi connectivity index (χ3v) is 3.99. The summed E-state index contributed by atoms with van der Waals surface area (Å²) in [6, 6.07) is 6.04. The van der Waals surface area contributed by atoms with Crippen LogP contribution in [0.2, 0.25) is 0 Å². The first-order valence-corrected chi connectivity index (χ1v) is 7.33. The van der Waals surface area contributed by atoms with E-state index in [4.69, 9.17) is 4.74 Å². The number of aryl methyl sites for hydroxylation is 2. The van der Waals surface area contributed by atoms with Gasteiger partial charge in [0.15, 0.2) is 0 Å². The molecule has 1 fully saturated rings. The topological polar surface area (TPSA) is 35.9 Å². The highest BCUT2D eigenvalue weighted by molar-refractivity contribution is 5.33. The van der Waals surface area contributed by atoms with Crippen molar-refractivity contribution in [2.75, 3.05) is 46.4 Å². The standard InChI is InChI=1S/C16H26N2O2/c1-13-4-5-16(10-14(13)2)20-12-15(19)11-18-8-6-17(3)7-9-18/h4-5,10,15,19H,6-9,11-12H2,1-3H3/t15-/m1/s1. The number of rotatable bonds is 5.